The van der Waals surface area contributed by atoms with Crippen LogP contribution in [-0.4, -0.2) is 27.5 Å². The molecule has 0 bridgehead atoms. The van der Waals surface area contributed by atoms with E-state index in [1.807, 2.05) is 0 Å². The number of nitrogens with one attached hydrogen (secondary N) is 1. The highest BCUT2D eigenvalue weighted by atomic mass is 19.4. The van der Waals surface area contributed by atoms with Gasteiger partial charge in [0.25, 0.3) is 0 Å². The Morgan fingerprint density at radius 1 is 1.11 bits per heavy atom. The van der Waals surface area contributed by atoms with Crippen molar-refractivity contribution in [2.75, 3.05) is 6.54 Å². The molecule has 1 N–H and O–H groups in total. The van der Waals surface area contributed by atoms with Crippen molar-refractivity contribution in [2.45, 2.75) is 50.9 Å². The molecule has 106 valence electrons. The Hall–Kier alpha value is -1.11. The molecule has 2 heterocycles. The first-order chi connectivity index (χ1) is 9.05. The van der Waals surface area contributed by atoms with Gasteiger partial charge in [-0.1, -0.05) is 0 Å². The second kappa shape index (κ2) is 4.77. The summed E-state index contributed by atoms with van der Waals surface area (Å²) in [5.41, 5.74) is 0. The first kappa shape index (κ1) is 12.9. The molecule has 7 heteroatoms. The minimum Gasteiger partial charge on any atom is -0.312 e. The van der Waals surface area contributed by atoms with E-state index in [0.29, 0.717) is 19.4 Å². The van der Waals surface area contributed by atoms with E-state index in [9.17, 15) is 13.2 Å². The summed E-state index contributed by atoms with van der Waals surface area (Å²) in [6.45, 7) is 2.39. The van der Waals surface area contributed by atoms with Gasteiger partial charge in [-0.05, 0) is 25.7 Å². The van der Waals surface area contributed by atoms with Gasteiger partial charge < -0.3 is 9.88 Å². The van der Waals surface area contributed by atoms with E-state index in [-0.39, 0.29) is 18.8 Å². The van der Waals surface area contributed by atoms with Crippen molar-refractivity contribution in [1.82, 2.24) is 20.1 Å². The second-order valence-electron chi connectivity index (χ2n) is 5.39. The summed E-state index contributed by atoms with van der Waals surface area (Å²) in [6, 6.07) is 0. The third kappa shape index (κ3) is 2.48. The van der Waals surface area contributed by atoms with Gasteiger partial charge in [0.2, 0.25) is 0 Å². The highest BCUT2D eigenvalue weighted by Gasteiger charge is 2.42. The molecular weight excluding hydrogens is 257 g/mol. The molecule has 1 aromatic heterocycles. The fraction of sp³-hybridized carbons (Fsp3) is 0.833. The van der Waals surface area contributed by atoms with Gasteiger partial charge in [0.05, 0.1) is 12.5 Å². The lowest BCUT2D eigenvalue weighted by atomic mass is 9.81. The Morgan fingerprint density at radius 2 is 1.84 bits per heavy atom. The average molecular weight is 274 g/mol. The van der Waals surface area contributed by atoms with E-state index in [4.69, 9.17) is 0 Å². The molecule has 0 radical (unpaired) electrons. The molecule has 0 aromatic carbocycles. The van der Waals surface area contributed by atoms with Gasteiger partial charge in [0.1, 0.15) is 11.6 Å². The van der Waals surface area contributed by atoms with Gasteiger partial charge >= 0.3 is 6.18 Å². The number of halogens is 3. The standard InChI is InChI=1S/C12H17F3N4/c13-12(14,15)9-3-1-8(2-4-9)11-18-17-10-7-16-5-6-19(10)11/h8-9,16H,1-7H2. The van der Waals surface area contributed by atoms with Crippen LogP contribution in [0.5, 0.6) is 0 Å². The maximum Gasteiger partial charge on any atom is 0.391 e. The van der Waals surface area contributed by atoms with Gasteiger partial charge in [-0.25, -0.2) is 0 Å². The molecule has 1 aromatic rings. The minimum absolute atomic E-state index is 0.137. The lowest BCUT2D eigenvalue weighted by Crippen LogP contribution is -2.31. The number of hydrogen-bond donors (Lipinski definition) is 1. The summed E-state index contributed by atoms with van der Waals surface area (Å²) in [5, 5.41) is 11.5. The maximum atomic E-state index is 12.6. The van der Waals surface area contributed by atoms with Crippen LogP contribution in [0.3, 0.4) is 0 Å². The van der Waals surface area contributed by atoms with Crippen LogP contribution in [-0.2, 0) is 13.1 Å². The van der Waals surface area contributed by atoms with Crippen LogP contribution in [0.1, 0.15) is 43.3 Å². The van der Waals surface area contributed by atoms with E-state index in [0.717, 1.165) is 24.7 Å². The molecule has 4 nitrogen and oxygen atoms in total. The summed E-state index contributed by atoms with van der Waals surface area (Å²) in [6.07, 6.45) is -2.48. The fourth-order valence-electron chi connectivity index (χ4n) is 3.10. The molecule has 3 rings (SSSR count). The largest absolute Gasteiger partial charge is 0.391 e. The monoisotopic (exact) mass is 274 g/mol. The number of fused-ring (bicyclic) bond motifs is 1. The van der Waals surface area contributed by atoms with Gasteiger partial charge in [-0.15, -0.1) is 10.2 Å². The molecule has 1 fully saturated rings. The van der Waals surface area contributed by atoms with Crippen molar-refractivity contribution in [3.63, 3.8) is 0 Å². The molecule has 19 heavy (non-hydrogen) atoms. The van der Waals surface area contributed by atoms with Gasteiger partial charge in [0, 0.05) is 19.0 Å². The first-order valence-electron chi connectivity index (χ1n) is 6.75. The van der Waals surface area contributed by atoms with E-state index in [1.165, 1.54) is 0 Å². The van der Waals surface area contributed by atoms with Crippen molar-refractivity contribution in [2.24, 2.45) is 5.92 Å². The Kier molecular flexibility index (Phi) is 3.24. The summed E-state index contributed by atoms with van der Waals surface area (Å²) >= 11 is 0. The molecule has 0 spiro atoms. The predicted octanol–water partition coefficient (Wildman–Crippen LogP) is 2.22. The normalized spacial score (nSPS) is 28.2. The summed E-state index contributed by atoms with van der Waals surface area (Å²) < 4.78 is 40.0. The molecule has 1 aliphatic carbocycles. The second-order valence-corrected chi connectivity index (χ2v) is 5.39. The van der Waals surface area contributed by atoms with Crippen molar-refractivity contribution < 1.29 is 13.2 Å². The van der Waals surface area contributed by atoms with Crippen LogP contribution in [0.15, 0.2) is 0 Å². The molecule has 0 unspecified atom stereocenters. The quantitative estimate of drug-likeness (QED) is 0.854. The van der Waals surface area contributed by atoms with E-state index in [2.05, 4.69) is 20.1 Å². The van der Waals surface area contributed by atoms with E-state index in [1.54, 1.807) is 0 Å². The third-order valence-electron chi connectivity index (χ3n) is 4.21. The van der Waals surface area contributed by atoms with Gasteiger partial charge in [-0.3, -0.25) is 0 Å². The zero-order valence-electron chi connectivity index (χ0n) is 10.6. The van der Waals surface area contributed by atoms with Crippen LogP contribution < -0.4 is 5.32 Å². The summed E-state index contributed by atoms with van der Waals surface area (Å²) in [7, 11) is 0. The highest BCUT2D eigenvalue weighted by Crippen LogP contribution is 2.42. The summed E-state index contributed by atoms with van der Waals surface area (Å²) in [5.74, 6) is 0.795. The average Bonchev–Trinajstić information content (AvgIpc) is 2.82. The van der Waals surface area contributed by atoms with Gasteiger partial charge in [0.15, 0.2) is 0 Å². The Balaban J connectivity index is 1.70. The lowest BCUT2D eigenvalue weighted by Gasteiger charge is -2.30. The van der Waals surface area contributed by atoms with E-state index >= 15 is 0 Å². The Bertz CT molecular complexity index is 446. The van der Waals surface area contributed by atoms with Crippen molar-refractivity contribution in [1.29, 1.82) is 0 Å². The van der Waals surface area contributed by atoms with Crippen molar-refractivity contribution in [3.05, 3.63) is 11.6 Å². The fourth-order valence-corrected chi connectivity index (χ4v) is 3.10. The third-order valence-corrected chi connectivity index (χ3v) is 4.21. The molecule has 0 amide bonds. The van der Waals surface area contributed by atoms with Crippen LogP contribution >= 0.6 is 0 Å². The Morgan fingerprint density at radius 3 is 2.53 bits per heavy atom. The highest BCUT2D eigenvalue weighted by molar-refractivity contribution is 5.05. The SMILES string of the molecule is FC(F)(F)C1CCC(c2nnc3n2CCNC3)CC1. The molecule has 2 aliphatic rings. The van der Waals surface area contributed by atoms with Crippen LogP contribution in [0.2, 0.25) is 0 Å². The summed E-state index contributed by atoms with van der Waals surface area (Å²) in [4.78, 5) is 0. The smallest absolute Gasteiger partial charge is 0.312 e. The molecule has 1 saturated carbocycles. The number of rotatable bonds is 1. The minimum atomic E-state index is -4.04. The van der Waals surface area contributed by atoms with Crippen LogP contribution in [0, 0.1) is 5.92 Å². The zero-order chi connectivity index (χ0) is 13.5. The maximum absolute atomic E-state index is 12.6. The molecule has 1 aliphatic heterocycles. The molecule has 0 atom stereocenters. The number of nitrogens with zero attached hydrogens (tertiary/aromatic N) is 3. The number of aromatic nitrogens is 3. The zero-order valence-corrected chi connectivity index (χ0v) is 10.6. The first-order valence-corrected chi connectivity index (χ1v) is 6.75. The molecular formula is C12H17F3N4. The lowest BCUT2D eigenvalue weighted by molar-refractivity contribution is -0.182. The number of alkyl halides is 3. The van der Waals surface area contributed by atoms with E-state index < -0.39 is 12.1 Å². The van der Waals surface area contributed by atoms with Gasteiger partial charge in [-0.2, -0.15) is 13.2 Å². The van der Waals surface area contributed by atoms with Crippen molar-refractivity contribution >= 4 is 0 Å². The topological polar surface area (TPSA) is 42.7 Å². The van der Waals surface area contributed by atoms with Crippen LogP contribution in [0.25, 0.3) is 0 Å². The van der Waals surface area contributed by atoms with Crippen LogP contribution in [0.4, 0.5) is 13.2 Å². The Labute approximate surface area is 109 Å². The van der Waals surface area contributed by atoms with Crippen molar-refractivity contribution in [3.8, 4) is 0 Å². The molecule has 0 saturated heterocycles. The predicted molar refractivity (Wildman–Crippen MR) is 62.5 cm³/mol. The number of hydrogen-bond acceptors (Lipinski definition) is 3.